The van der Waals surface area contributed by atoms with E-state index in [-0.39, 0.29) is 53.9 Å². The second kappa shape index (κ2) is 14.0. The highest BCUT2D eigenvalue weighted by molar-refractivity contribution is 5.41. The van der Waals surface area contributed by atoms with Gasteiger partial charge in [0.05, 0.1) is 0 Å². The molecule has 5 rings (SSSR count). The number of ether oxygens (including phenoxy) is 1. The van der Waals surface area contributed by atoms with Crippen molar-refractivity contribution in [3.05, 3.63) is 63.5 Å². The Morgan fingerprint density at radius 2 is 1.25 bits per heavy atom. The molecule has 0 radical (unpaired) electrons. The molecule has 2 aromatic carbocycles. The molecule has 44 heavy (non-hydrogen) atoms. The van der Waals surface area contributed by atoms with Crippen molar-refractivity contribution in [3.8, 4) is 5.75 Å². The molecule has 0 aliphatic heterocycles. The minimum atomic E-state index is -5.17. The average molecular weight is 631 g/mol. The highest BCUT2D eigenvalue weighted by Gasteiger charge is 2.37. The summed E-state index contributed by atoms with van der Waals surface area (Å²) in [6, 6.07) is 1.79. The summed E-state index contributed by atoms with van der Waals surface area (Å²) in [5.41, 5.74) is 0.0555. The van der Waals surface area contributed by atoms with Gasteiger partial charge in [0.2, 0.25) is 5.82 Å². The van der Waals surface area contributed by atoms with E-state index in [1.165, 1.54) is 44.9 Å². The maximum absolute atomic E-state index is 15.8. The van der Waals surface area contributed by atoms with Gasteiger partial charge in [-0.2, -0.15) is 4.39 Å². The second-order valence-corrected chi connectivity index (χ2v) is 13.4. The molecule has 1 atom stereocenters. The zero-order chi connectivity index (χ0) is 31.6. The fourth-order valence-corrected chi connectivity index (χ4v) is 8.12. The lowest BCUT2D eigenvalue weighted by molar-refractivity contribution is -0.275. The first-order valence-corrected chi connectivity index (χ1v) is 16.4. The van der Waals surface area contributed by atoms with Crippen LogP contribution in [0.2, 0.25) is 0 Å². The van der Waals surface area contributed by atoms with E-state index in [0.29, 0.717) is 18.8 Å². The first-order valence-electron chi connectivity index (χ1n) is 16.4. The van der Waals surface area contributed by atoms with Gasteiger partial charge in [-0.25, -0.2) is 17.6 Å². The van der Waals surface area contributed by atoms with E-state index >= 15 is 13.2 Å². The van der Waals surface area contributed by atoms with Crippen LogP contribution in [0.15, 0.2) is 12.1 Å². The van der Waals surface area contributed by atoms with Crippen LogP contribution in [0.3, 0.4) is 0 Å². The summed E-state index contributed by atoms with van der Waals surface area (Å²) in [6.45, 7) is 2.22. The lowest BCUT2D eigenvalue weighted by Crippen LogP contribution is -2.23. The summed E-state index contributed by atoms with van der Waals surface area (Å²) in [4.78, 5) is 0. The van der Waals surface area contributed by atoms with E-state index in [2.05, 4.69) is 11.7 Å². The molecule has 0 heterocycles. The van der Waals surface area contributed by atoms with Crippen LogP contribution >= 0.6 is 0 Å². The summed E-state index contributed by atoms with van der Waals surface area (Å²) in [5.74, 6) is -6.67. The Labute approximate surface area is 254 Å². The third-order valence-corrected chi connectivity index (χ3v) is 10.6. The highest BCUT2D eigenvalue weighted by atomic mass is 19.4. The van der Waals surface area contributed by atoms with Crippen molar-refractivity contribution in [2.75, 3.05) is 0 Å². The Morgan fingerprint density at radius 1 is 0.636 bits per heavy atom. The van der Waals surface area contributed by atoms with Gasteiger partial charge in [0.25, 0.3) is 0 Å². The van der Waals surface area contributed by atoms with Crippen LogP contribution in [0, 0.1) is 46.8 Å². The van der Waals surface area contributed by atoms with Gasteiger partial charge in [-0.1, -0.05) is 64.4 Å². The molecular weight excluding hydrogens is 588 g/mol. The van der Waals surface area contributed by atoms with Crippen molar-refractivity contribution < 1.29 is 39.9 Å². The molecule has 0 N–H and O–H groups in total. The number of alkyl halides is 3. The molecule has 9 heteroatoms. The van der Waals surface area contributed by atoms with Crippen molar-refractivity contribution in [1.82, 2.24) is 0 Å². The molecule has 3 aliphatic rings. The van der Waals surface area contributed by atoms with E-state index in [0.717, 1.165) is 37.3 Å². The van der Waals surface area contributed by atoms with Crippen LogP contribution in [0.5, 0.6) is 5.75 Å². The molecular formula is C35H42F8O. The molecule has 244 valence electrons. The summed E-state index contributed by atoms with van der Waals surface area (Å²) >= 11 is 0. The fraction of sp³-hybridized carbons (Fsp3) is 0.657. The smallest absolute Gasteiger partial charge is 0.403 e. The van der Waals surface area contributed by atoms with Gasteiger partial charge >= 0.3 is 6.36 Å². The van der Waals surface area contributed by atoms with E-state index in [9.17, 15) is 22.0 Å². The molecule has 0 bridgehead atoms. The van der Waals surface area contributed by atoms with Crippen LogP contribution in [-0.2, 0) is 12.8 Å². The fourth-order valence-electron chi connectivity index (χ4n) is 8.12. The van der Waals surface area contributed by atoms with E-state index < -0.39 is 53.0 Å². The topological polar surface area (TPSA) is 9.23 Å². The Morgan fingerprint density at radius 3 is 1.89 bits per heavy atom. The molecule has 1 unspecified atom stereocenters. The number of hydrogen-bond donors (Lipinski definition) is 0. The van der Waals surface area contributed by atoms with E-state index in [1.54, 1.807) is 0 Å². The number of hydrogen-bond acceptors (Lipinski definition) is 1. The first kappa shape index (κ1) is 33.1. The van der Waals surface area contributed by atoms with Crippen molar-refractivity contribution >= 4 is 0 Å². The Kier molecular flexibility index (Phi) is 10.5. The van der Waals surface area contributed by atoms with Crippen LogP contribution in [0.25, 0.3) is 0 Å². The number of rotatable bonds is 9. The Balaban J connectivity index is 1.20. The predicted octanol–water partition coefficient (Wildman–Crippen LogP) is 11.6. The van der Waals surface area contributed by atoms with Crippen LogP contribution in [0.4, 0.5) is 35.1 Å². The summed E-state index contributed by atoms with van der Waals surface area (Å²) in [7, 11) is 0. The standard InChI is InChI=1S/C35H42F8O/c1-2-3-4-20-5-7-21(8-6-20)9-10-22-11-16-26-27(19-22)32(38)34(40)29(30(26)36)24-14-12-23(13-15-24)25-17-18-28(33(39)31(25)37)44-35(41,42)43/h17-18,20-24H,2-16,19H2,1H3. The molecule has 1 nitrogen and oxygen atoms in total. The third kappa shape index (κ3) is 7.38. The summed E-state index contributed by atoms with van der Waals surface area (Å²) in [6.07, 6.45) is 8.05. The zero-order valence-corrected chi connectivity index (χ0v) is 25.3. The minimum absolute atomic E-state index is 0.108. The van der Waals surface area contributed by atoms with Crippen LogP contribution in [0.1, 0.15) is 131 Å². The monoisotopic (exact) mass is 630 g/mol. The van der Waals surface area contributed by atoms with Crippen molar-refractivity contribution in [2.24, 2.45) is 17.8 Å². The van der Waals surface area contributed by atoms with E-state index in [4.69, 9.17) is 0 Å². The molecule has 2 aromatic rings. The van der Waals surface area contributed by atoms with E-state index in [1.807, 2.05) is 0 Å². The largest absolute Gasteiger partial charge is 0.573 e. The van der Waals surface area contributed by atoms with Gasteiger partial charge in [0.15, 0.2) is 23.2 Å². The molecule has 0 saturated heterocycles. The second-order valence-electron chi connectivity index (χ2n) is 13.4. The minimum Gasteiger partial charge on any atom is -0.403 e. The summed E-state index contributed by atoms with van der Waals surface area (Å²) < 4.78 is 117. The Bertz CT molecular complexity index is 1290. The number of halogens is 8. The maximum Gasteiger partial charge on any atom is 0.573 e. The molecule has 0 aromatic heterocycles. The number of unbranched alkanes of at least 4 members (excludes halogenated alkanes) is 1. The molecule has 2 saturated carbocycles. The third-order valence-electron chi connectivity index (χ3n) is 10.6. The van der Waals surface area contributed by atoms with Crippen LogP contribution in [-0.4, -0.2) is 6.36 Å². The van der Waals surface area contributed by atoms with Crippen LogP contribution < -0.4 is 4.74 Å². The van der Waals surface area contributed by atoms with Crippen molar-refractivity contribution in [2.45, 2.75) is 128 Å². The van der Waals surface area contributed by atoms with Gasteiger partial charge in [-0.05, 0) is 104 Å². The average Bonchev–Trinajstić information content (AvgIpc) is 3.00. The molecule has 0 amide bonds. The van der Waals surface area contributed by atoms with Gasteiger partial charge in [0.1, 0.15) is 5.82 Å². The SMILES string of the molecule is CCCCC1CCC(CCC2CCc3c(F)c(C4CCC(c5ccc(OC(F)(F)F)c(F)c5F)CC4)c(F)c(F)c3C2)CC1. The Hall–Kier alpha value is -2.32. The maximum atomic E-state index is 15.8. The predicted molar refractivity (Wildman–Crippen MR) is 153 cm³/mol. The number of benzene rings is 2. The van der Waals surface area contributed by atoms with Crippen molar-refractivity contribution in [1.29, 1.82) is 0 Å². The lowest BCUT2D eigenvalue weighted by atomic mass is 9.73. The van der Waals surface area contributed by atoms with Gasteiger partial charge in [-0.15, -0.1) is 13.2 Å². The lowest BCUT2D eigenvalue weighted by Gasteiger charge is -2.33. The number of fused-ring (bicyclic) bond motifs is 1. The normalized spacial score (nSPS) is 26.0. The van der Waals surface area contributed by atoms with Gasteiger partial charge in [0, 0.05) is 5.56 Å². The van der Waals surface area contributed by atoms with Gasteiger partial charge in [-0.3, -0.25) is 0 Å². The van der Waals surface area contributed by atoms with Gasteiger partial charge < -0.3 is 4.74 Å². The summed E-state index contributed by atoms with van der Waals surface area (Å²) in [5, 5.41) is 0. The zero-order valence-electron chi connectivity index (χ0n) is 25.3. The molecule has 3 aliphatic carbocycles. The molecule has 0 spiro atoms. The quantitative estimate of drug-likeness (QED) is 0.198. The van der Waals surface area contributed by atoms with Crippen molar-refractivity contribution in [3.63, 3.8) is 0 Å². The first-order chi connectivity index (χ1) is 21.0. The molecule has 2 fully saturated rings. The highest BCUT2D eigenvalue weighted by Crippen LogP contribution is 2.46.